The molecule has 0 radical (unpaired) electrons. The molecule has 5 nitrogen and oxygen atoms in total. The summed E-state index contributed by atoms with van der Waals surface area (Å²) in [5.41, 5.74) is 0. The van der Waals surface area contributed by atoms with Crippen molar-refractivity contribution in [1.82, 2.24) is 4.98 Å². The summed E-state index contributed by atoms with van der Waals surface area (Å²) in [5, 5.41) is 11.3. The van der Waals surface area contributed by atoms with Crippen molar-refractivity contribution in [2.75, 3.05) is 5.32 Å². The van der Waals surface area contributed by atoms with Crippen LogP contribution in [0.25, 0.3) is 0 Å². The summed E-state index contributed by atoms with van der Waals surface area (Å²) in [6.07, 6.45) is 4.13. The third kappa shape index (κ3) is 2.67. The van der Waals surface area contributed by atoms with Gasteiger partial charge in [-0.15, -0.1) is 0 Å². The molecule has 2 N–H and O–H groups in total. The molecule has 74 valence electrons. The smallest absolute Gasteiger partial charge is 0.347 e. The van der Waals surface area contributed by atoms with Crippen LogP contribution in [0.2, 0.25) is 0 Å². The zero-order valence-corrected chi connectivity index (χ0v) is 8.17. The molecular weight excluding hydrogens is 204 g/mol. The van der Waals surface area contributed by atoms with Crippen LogP contribution in [0, 0.1) is 0 Å². The van der Waals surface area contributed by atoms with Crippen molar-refractivity contribution in [1.29, 1.82) is 0 Å². The summed E-state index contributed by atoms with van der Waals surface area (Å²) in [4.78, 5) is 25.3. The molecule has 0 atom stereocenters. The Morgan fingerprint density at radius 3 is 2.86 bits per heavy atom. The summed E-state index contributed by atoms with van der Waals surface area (Å²) in [5.74, 6) is -1.37. The molecule has 0 aliphatic heterocycles. The first-order valence-electron chi connectivity index (χ1n) is 3.76. The van der Waals surface area contributed by atoms with Crippen LogP contribution in [0.1, 0.15) is 16.6 Å². The van der Waals surface area contributed by atoms with Crippen molar-refractivity contribution in [3.8, 4) is 0 Å². The molecule has 14 heavy (non-hydrogen) atoms. The van der Waals surface area contributed by atoms with E-state index in [-0.39, 0.29) is 15.9 Å². The monoisotopic (exact) mass is 212 g/mol. The molecule has 1 heterocycles. The van der Waals surface area contributed by atoms with Gasteiger partial charge < -0.3 is 5.11 Å². The average Bonchev–Trinajstić information content (AvgIpc) is 2.53. The Morgan fingerprint density at radius 2 is 2.36 bits per heavy atom. The second-order valence-electron chi connectivity index (χ2n) is 2.32. The highest BCUT2D eigenvalue weighted by molar-refractivity contribution is 7.17. The minimum Gasteiger partial charge on any atom is -0.477 e. The second-order valence-corrected chi connectivity index (χ2v) is 3.35. The number of nitrogens with zero attached hydrogens (tertiary/aromatic N) is 1. The van der Waals surface area contributed by atoms with Crippen molar-refractivity contribution in [3.05, 3.63) is 23.2 Å². The molecule has 0 spiro atoms. The molecule has 0 aromatic carbocycles. The molecule has 0 unspecified atom stereocenters. The number of allylic oxidation sites excluding steroid dienone is 1. The third-order valence-electron chi connectivity index (χ3n) is 1.26. The molecule has 1 aromatic rings. The molecule has 0 aliphatic rings. The summed E-state index contributed by atoms with van der Waals surface area (Å²) in [6, 6.07) is 0. The van der Waals surface area contributed by atoms with Gasteiger partial charge in [0.05, 0.1) is 6.20 Å². The van der Waals surface area contributed by atoms with Gasteiger partial charge in [0, 0.05) is 0 Å². The fourth-order valence-electron chi connectivity index (χ4n) is 0.729. The molecular formula is C8H8N2O3S. The van der Waals surface area contributed by atoms with Crippen LogP contribution >= 0.6 is 11.3 Å². The molecule has 0 saturated carbocycles. The van der Waals surface area contributed by atoms with Gasteiger partial charge in [-0.3, -0.25) is 10.1 Å². The van der Waals surface area contributed by atoms with E-state index in [9.17, 15) is 9.59 Å². The van der Waals surface area contributed by atoms with Gasteiger partial charge in [0.1, 0.15) is 4.88 Å². The van der Waals surface area contributed by atoms with E-state index >= 15 is 0 Å². The second kappa shape index (κ2) is 4.52. The van der Waals surface area contributed by atoms with Gasteiger partial charge in [-0.25, -0.2) is 9.78 Å². The van der Waals surface area contributed by atoms with E-state index in [0.717, 1.165) is 11.3 Å². The summed E-state index contributed by atoms with van der Waals surface area (Å²) >= 11 is 0.919. The number of carbonyl (C=O) groups is 2. The topological polar surface area (TPSA) is 79.3 Å². The van der Waals surface area contributed by atoms with Crippen LogP contribution in [0.5, 0.6) is 0 Å². The van der Waals surface area contributed by atoms with Crippen LogP contribution < -0.4 is 5.32 Å². The van der Waals surface area contributed by atoms with Crippen LogP contribution in [0.3, 0.4) is 0 Å². The number of rotatable bonds is 3. The Kier molecular flexibility index (Phi) is 3.35. The van der Waals surface area contributed by atoms with Crippen molar-refractivity contribution in [2.24, 2.45) is 0 Å². The van der Waals surface area contributed by atoms with E-state index < -0.39 is 5.97 Å². The number of hydrogen-bond donors (Lipinski definition) is 2. The van der Waals surface area contributed by atoms with Crippen LogP contribution in [0.4, 0.5) is 5.13 Å². The first-order chi connectivity index (χ1) is 6.63. The maximum atomic E-state index is 11.0. The van der Waals surface area contributed by atoms with E-state index in [1.165, 1.54) is 12.3 Å². The molecule has 1 aromatic heterocycles. The van der Waals surface area contributed by atoms with Gasteiger partial charge in [-0.2, -0.15) is 0 Å². The van der Waals surface area contributed by atoms with Gasteiger partial charge in [0.15, 0.2) is 5.13 Å². The van der Waals surface area contributed by atoms with Crippen LogP contribution in [0.15, 0.2) is 18.3 Å². The first-order valence-corrected chi connectivity index (χ1v) is 4.58. The highest BCUT2D eigenvalue weighted by Crippen LogP contribution is 2.17. The van der Waals surface area contributed by atoms with E-state index in [0.29, 0.717) is 0 Å². The number of anilines is 1. The number of thiazole rings is 1. The SMILES string of the molecule is C/C=C/C(=O)Nc1ncc(C(=O)O)s1. The number of carboxylic acids is 1. The van der Waals surface area contributed by atoms with Crippen LogP contribution in [-0.4, -0.2) is 22.0 Å². The maximum Gasteiger partial charge on any atom is 0.347 e. The molecule has 0 fully saturated rings. The molecule has 0 aliphatic carbocycles. The van der Waals surface area contributed by atoms with Gasteiger partial charge in [0.2, 0.25) is 5.91 Å². The third-order valence-corrected chi connectivity index (χ3v) is 2.17. The lowest BCUT2D eigenvalue weighted by atomic mass is 10.5. The lowest BCUT2D eigenvalue weighted by Crippen LogP contribution is -2.06. The lowest BCUT2D eigenvalue weighted by Gasteiger charge is -1.93. The maximum absolute atomic E-state index is 11.0. The van der Waals surface area contributed by atoms with E-state index in [4.69, 9.17) is 5.11 Å². The van der Waals surface area contributed by atoms with Crippen molar-refractivity contribution in [2.45, 2.75) is 6.92 Å². The molecule has 1 rings (SSSR count). The van der Waals surface area contributed by atoms with Crippen molar-refractivity contribution >= 4 is 28.3 Å². The largest absolute Gasteiger partial charge is 0.477 e. The Labute approximate surface area is 84.1 Å². The fourth-order valence-corrected chi connectivity index (χ4v) is 1.39. The Balaban J connectivity index is 2.69. The van der Waals surface area contributed by atoms with Gasteiger partial charge in [-0.1, -0.05) is 17.4 Å². The number of carboxylic acid groups (broad SMARTS) is 1. The number of carbonyl (C=O) groups excluding carboxylic acids is 1. The first kappa shape index (κ1) is 10.4. The summed E-state index contributed by atoms with van der Waals surface area (Å²) in [6.45, 7) is 1.71. The number of hydrogen-bond acceptors (Lipinski definition) is 4. The molecule has 6 heteroatoms. The number of nitrogens with one attached hydrogen (secondary N) is 1. The zero-order chi connectivity index (χ0) is 10.6. The van der Waals surface area contributed by atoms with Crippen LogP contribution in [-0.2, 0) is 4.79 Å². The normalized spacial score (nSPS) is 10.4. The van der Waals surface area contributed by atoms with Crippen molar-refractivity contribution < 1.29 is 14.7 Å². The standard InChI is InChI=1S/C8H8N2O3S/c1-2-3-6(11)10-8-9-4-5(14-8)7(12)13/h2-4H,1H3,(H,12,13)(H,9,10,11)/b3-2+. The lowest BCUT2D eigenvalue weighted by molar-refractivity contribution is -0.111. The van der Waals surface area contributed by atoms with E-state index in [1.807, 2.05) is 0 Å². The number of aromatic carboxylic acids is 1. The molecule has 0 bridgehead atoms. The average molecular weight is 212 g/mol. The van der Waals surface area contributed by atoms with Gasteiger partial charge in [0.25, 0.3) is 0 Å². The van der Waals surface area contributed by atoms with Gasteiger partial charge in [-0.05, 0) is 13.0 Å². The highest BCUT2D eigenvalue weighted by Gasteiger charge is 2.09. The number of aromatic nitrogens is 1. The minimum absolute atomic E-state index is 0.0979. The number of amides is 1. The fraction of sp³-hybridized carbons (Fsp3) is 0.125. The Morgan fingerprint density at radius 1 is 1.64 bits per heavy atom. The minimum atomic E-state index is -1.05. The Bertz CT molecular complexity index is 384. The van der Waals surface area contributed by atoms with Gasteiger partial charge >= 0.3 is 5.97 Å². The predicted molar refractivity (Wildman–Crippen MR) is 52.5 cm³/mol. The zero-order valence-electron chi connectivity index (χ0n) is 7.35. The predicted octanol–water partition coefficient (Wildman–Crippen LogP) is 1.36. The van der Waals surface area contributed by atoms with Crippen molar-refractivity contribution in [3.63, 3.8) is 0 Å². The Hall–Kier alpha value is -1.69. The quantitative estimate of drug-likeness (QED) is 0.741. The summed E-state index contributed by atoms with van der Waals surface area (Å²) < 4.78 is 0. The molecule has 1 amide bonds. The highest BCUT2D eigenvalue weighted by atomic mass is 32.1. The van der Waals surface area contributed by atoms with E-state index in [2.05, 4.69) is 10.3 Å². The summed E-state index contributed by atoms with van der Waals surface area (Å²) in [7, 11) is 0. The van der Waals surface area contributed by atoms with E-state index in [1.54, 1.807) is 13.0 Å². The molecule has 0 saturated heterocycles.